The molecule has 4 nitrogen and oxygen atoms in total. The molecule has 0 N–H and O–H groups in total. The molecule has 0 aliphatic rings. The van der Waals surface area contributed by atoms with Crippen LogP contribution in [0.5, 0.6) is 5.88 Å². The van der Waals surface area contributed by atoms with Crippen molar-refractivity contribution in [3.8, 4) is 5.88 Å². The molecule has 0 saturated heterocycles. The largest absolute Gasteiger partial charge is 0.481 e. The maximum Gasteiger partial charge on any atom is 0.422 e. The summed E-state index contributed by atoms with van der Waals surface area (Å²) in [4.78, 5) is 14.7. The Morgan fingerprint density at radius 1 is 1.44 bits per heavy atom. The molecule has 1 rings (SSSR count). The number of esters is 1. The lowest BCUT2D eigenvalue weighted by Gasteiger charge is -2.07. The van der Waals surface area contributed by atoms with Gasteiger partial charge in [0.2, 0.25) is 5.88 Å². The molecule has 88 valence electrons. The summed E-state index contributed by atoms with van der Waals surface area (Å²) >= 11 is 0. The normalized spacial score (nSPS) is 11.0. The van der Waals surface area contributed by atoms with E-state index in [-0.39, 0.29) is 11.4 Å². The van der Waals surface area contributed by atoms with Crippen LogP contribution in [0.15, 0.2) is 18.3 Å². The molecule has 0 atom stereocenters. The van der Waals surface area contributed by atoms with Crippen molar-refractivity contribution in [1.29, 1.82) is 0 Å². The molecule has 1 heterocycles. The van der Waals surface area contributed by atoms with Gasteiger partial charge in [-0.15, -0.1) is 0 Å². The minimum Gasteiger partial charge on any atom is -0.481 e. The van der Waals surface area contributed by atoms with Crippen LogP contribution < -0.4 is 4.74 Å². The van der Waals surface area contributed by atoms with Gasteiger partial charge in [0.15, 0.2) is 6.61 Å². The summed E-state index contributed by atoms with van der Waals surface area (Å²) < 4.78 is 44.0. The van der Waals surface area contributed by atoms with Crippen molar-refractivity contribution in [2.24, 2.45) is 0 Å². The fourth-order valence-electron chi connectivity index (χ4n) is 0.853. The summed E-state index contributed by atoms with van der Waals surface area (Å²) in [5.74, 6) is -0.820. The number of hydrogen-bond donors (Lipinski definition) is 0. The first-order valence-corrected chi connectivity index (χ1v) is 4.16. The summed E-state index contributed by atoms with van der Waals surface area (Å²) in [5.41, 5.74) is -0.0648. The standard InChI is InChI=1S/C9H8F3NO3/c1-15-7-3-2-6(4-13-7)8(14)16-5-9(10,11)12/h2-4H,5H2,1H3. The van der Waals surface area contributed by atoms with Gasteiger partial charge in [0, 0.05) is 12.3 Å². The monoisotopic (exact) mass is 235 g/mol. The Hall–Kier alpha value is -1.79. The van der Waals surface area contributed by atoms with Crippen LogP contribution in [0.4, 0.5) is 13.2 Å². The molecule has 0 aliphatic heterocycles. The molecule has 1 aromatic heterocycles. The van der Waals surface area contributed by atoms with Crippen molar-refractivity contribution in [2.45, 2.75) is 6.18 Å². The zero-order valence-electron chi connectivity index (χ0n) is 8.25. The van der Waals surface area contributed by atoms with Crippen LogP contribution in [0.25, 0.3) is 0 Å². The van der Waals surface area contributed by atoms with Gasteiger partial charge >= 0.3 is 12.1 Å². The number of carbonyl (C=O) groups excluding carboxylic acids is 1. The van der Waals surface area contributed by atoms with Crippen LogP contribution in [-0.4, -0.2) is 30.8 Å². The zero-order chi connectivity index (χ0) is 12.2. The number of pyridine rings is 1. The van der Waals surface area contributed by atoms with Crippen LogP contribution in [0.2, 0.25) is 0 Å². The first kappa shape index (κ1) is 12.3. The average Bonchev–Trinajstić information content (AvgIpc) is 2.25. The maximum atomic E-state index is 11.7. The van der Waals surface area contributed by atoms with Crippen LogP contribution >= 0.6 is 0 Å². The number of hydrogen-bond acceptors (Lipinski definition) is 4. The van der Waals surface area contributed by atoms with E-state index in [0.717, 1.165) is 6.20 Å². The molecule has 1 aromatic rings. The smallest absolute Gasteiger partial charge is 0.422 e. The number of alkyl halides is 3. The summed E-state index contributed by atoms with van der Waals surface area (Å²) in [6.07, 6.45) is -3.45. The molecule has 0 amide bonds. The van der Waals surface area contributed by atoms with Crippen molar-refractivity contribution >= 4 is 5.97 Å². The molecule has 0 radical (unpaired) electrons. The third-order valence-corrected chi connectivity index (χ3v) is 1.55. The van der Waals surface area contributed by atoms with E-state index < -0.39 is 18.8 Å². The first-order chi connectivity index (χ1) is 7.42. The van der Waals surface area contributed by atoms with E-state index in [1.807, 2.05) is 0 Å². The van der Waals surface area contributed by atoms with Crippen LogP contribution in [0, 0.1) is 0 Å². The number of halogens is 3. The van der Waals surface area contributed by atoms with Gasteiger partial charge in [0.1, 0.15) is 0 Å². The predicted molar refractivity (Wildman–Crippen MR) is 47.1 cm³/mol. The van der Waals surface area contributed by atoms with Crippen molar-refractivity contribution in [3.05, 3.63) is 23.9 Å². The molecule has 16 heavy (non-hydrogen) atoms. The highest BCUT2D eigenvalue weighted by Gasteiger charge is 2.29. The second-order valence-corrected chi connectivity index (χ2v) is 2.78. The number of ether oxygens (including phenoxy) is 2. The van der Waals surface area contributed by atoms with Crippen molar-refractivity contribution in [1.82, 2.24) is 4.98 Å². The highest BCUT2D eigenvalue weighted by atomic mass is 19.4. The molecule has 7 heteroatoms. The lowest BCUT2D eigenvalue weighted by molar-refractivity contribution is -0.161. The van der Waals surface area contributed by atoms with Gasteiger partial charge in [-0.1, -0.05) is 0 Å². The van der Waals surface area contributed by atoms with E-state index >= 15 is 0 Å². The third kappa shape index (κ3) is 3.76. The van der Waals surface area contributed by atoms with Crippen molar-refractivity contribution < 1.29 is 27.4 Å². The number of carbonyl (C=O) groups is 1. The number of methoxy groups -OCH3 is 1. The topological polar surface area (TPSA) is 48.4 Å². The Bertz CT molecular complexity index is 361. The lowest BCUT2D eigenvalue weighted by atomic mass is 10.3. The maximum absolute atomic E-state index is 11.7. The molecule has 0 spiro atoms. The minimum absolute atomic E-state index is 0.0648. The van der Waals surface area contributed by atoms with E-state index in [1.54, 1.807) is 0 Å². The third-order valence-electron chi connectivity index (χ3n) is 1.55. The van der Waals surface area contributed by atoms with Crippen LogP contribution in [0.1, 0.15) is 10.4 Å². The van der Waals surface area contributed by atoms with Crippen molar-refractivity contribution in [2.75, 3.05) is 13.7 Å². The van der Waals surface area contributed by atoms with Gasteiger partial charge < -0.3 is 9.47 Å². The van der Waals surface area contributed by atoms with E-state index in [0.29, 0.717) is 0 Å². The van der Waals surface area contributed by atoms with Gasteiger partial charge in [-0.3, -0.25) is 0 Å². The Labute approximate surface area is 89.0 Å². The Balaban J connectivity index is 2.59. The fourth-order valence-corrected chi connectivity index (χ4v) is 0.853. The van der Waals surface area contributed by atoms with Crippen LogP contribution in [0.3, 0.4) is 0 Å². The van der Waals surface area contributed by atoms with E-state index in [1.165, 1.54) is 19.2 Å². The summed E-state index contributed by atoms with van der Waals surface area (Å²) in [6, 6.07) is 2.62. The summed E-state index contributed by atoms with van der Waals surface area (Å²) in [5, 5.41) is 0. The fraction of sp³-hybridized carbons (Fsp3) is 0.333. The lowest BCUT2D eigenvalue weighted by Crippen LogP contribution is -2.20. The average molecular weight is 235 g/mol. The molecule has 0 saturated carbocycles. The minimum atomic E-state index is -4.53. The van der Waals surface area contributed by atoms with Gasteiger partial charge in [-0.25, -0.2) is 9.78 Å². The molecule has 0 bridgehead atoms. The zero-order valence-corrected chi connectivity index (χ0v) is 8.25. The van der Waals surface area contributed by atoms with Gasteiger partial charge in [-0.2, -0.15) is 13.2 Å². The Kier molecular flexibility index (Phi) is 3.70. The second kappa shape index (κ2) is 4.82. The number of aromatic nitrogens is 1. The predicted octanol–water partition coefficient (Wildman–Crippen LogP) is 1.81. The summed E-state index contributed by atoms with van der Waals surface area (Å²) in [6.45, 7) is -1.61. The Morgan fingerprint density at radius 3 is 2.56 bits per heavy atom. The Morgan fingerprint density at radius 2 is 2.12 bits per heavy atom. The van der Waals surface area contributed by atoms with E-state index in [4.69, 9.17) is 4.74 Å². The van der Waals surface area contributed by atoms with Crippen molar-refractivity contribution in [3.63, 3.8) is 0 Å². The SMILES string of the molecule is COc1ccc(C(=O)OCC(F)(F)F)cn1. The molecular weight excluding hydrogens is 227 g/mol. The molecule has 0 fully saturated rings. The molecular formula is C9H8F3NO3. The number of rotatable bonds is 3. The van der Waals surface area contributed by atoms with Gasteiger partial charge in [-0.05, 0) is 6.07 Å². The summed E-state index contributed by atoms with van der Waals surface area (Å²) in [7, 11) is 1.38. The van der Waals surface area contributed by atoms with Crippen LogP contribution in [-0.2, 0) is 4.74 Å². The molecule has 0 aromatic carbocycles. The first-order valence-electron chi connectivity index (χ1n) is 4.16. The number of nitrogens with zero attached hydrogens (tertiary/aromatic N) is 1. The van der Waals surface area contributed by atoms with Gasteiger partial charge in [0.05, 0.1) is 12.7 Å². The van der Waals surface area contributed by atoms with E-state index in [9.17, 15) is 18.0 Å². The van der Waals surface area contributed by atoms with E-state index in [2.05, 4.69) is 9.72 Å². The molecule has 0 aliphatic carbocycles. The quantitative estimate of drug-likeness (QED) is 0.749. The highest BCUT2D eigenvalue weighted by Crippen LogP contribution is 2.16. The van der Waals surface area contributed by atoms with Gasteiger partial charge in [0.25, 0.3) is 0 Å². The highest BCUT2D eigenvalue weighted by molar-refractivity contribution is 5.89. The molecule has 0 unspecified atom stereocenters. The second-order valence-electron chi connectivity index (χ2n) is 2.78.